The monoisotopic (exact) mass is 286 g/mol. The van der Waals surface area contributed by atoms with Crippen molar-refractivity contribution in [3.8, 4) is 5.75 Å². The lowest BCUT2D eigenvalue weighted by Gasteiger charge is -2.29. The summed E-state index contributed by atoms with van der Waals surface area (Å²) in [7, 11) is 0. The third kappa shape index (κ3) is 2.39. The van der Waals surface area contributed by atoms with Crippen molar-refractivity contribution < 1.29 is 14.4 Å². The average Bonchev–Trinajstić information content (AvgIpc) is 2.96. The van der Waals surface area contributed by atoms with Crippen molar-refractivity contribution >= 4 is 11.6 Å². The van der Waals surface area contributed by atoms with Gasteiger partial charge < -0.3 is 14.5 Å². The van der Waals surface area contributed by atoms with Crippen LogP contribution < -0.4 is 4.90 Å². The zero-order chi connectivity index (χ0) is 15.0. The van der Waals surface area contributed by atoms with Crippen LogP contribution >= 0.6 is 0 Å². The maximum absolute atomic E-state index is 12.6. The predicted octanol–water partition coefficient (Wildman–Crippen LogP) is 3.10. The van der Waals surface area contributed by atoms with E-state index >= 15 is 0 Å². The van der Waals surface area contributed by atoms with Crippen LogP contribution in [0.5, 0.6) is 5.75 Å². The number of para-hydroxylation sites is 1. The molecule has 0 saturated heterocycles. The fourth-order valence-corrected chi connectivity index (χ4v) is 2.63. The summed E-state index contributed by atoms with van der Waals surface area (Å²) in [5.74, 6) is 0.773. The van der Waals surface area contributed by atoms with Crippen molar-refractivity contribution in [3.63, 3.8) is 0 Å². The van der Waals surface area contributed by atoms with Gasteiger partial charge in [-0.25, -0.2) is 0 Å². The second-order valence-corrected chi connectivity index (χ2v) is 5.61. The largest absolute Gasteiger partial charge is 0.506 e. The van der Waals surface area contributed by atoms with Crippen LogP contribution in [-0.2, 0) is 6.42 Å². The molecular weight excluding hydrogens is 268 g/mol. The molecule has 1 aromatic heterocycles. The molecular formula is C16H18N2O3. The molecule has 5 nitrogen and oxygen atoms in total. The number of amides is 1. The molecule has 110 valence electrons. The Hall–Kier alpha value is -2.30. The number of rotatable bonds is 2. The number of benzene rings is 1. The number of carbonyl (C=O) groups is 1. The summed E-state index contributed by atoms with van der Waals surface area (Å²) < 4.78 is 5.20. The minimum Gasteiger partial charge on any atom is -0.506 e. The van der Waals surface area contributed by atoms with Crippen LogP contribution in [0.15, 0.2) is 28.8 Å². The second-order valence-electron chi connectivity index (χ2n) is 5.61. The molecule has 2 aromatic rings. The Morgan fingerprint density at radius 1 is 1.43 bits per heavy atom. The van der Waals surface area contributed by atoms with Gasteiger partial charge in [0.15, 0.2) is 5.69 Å². The Morgan fingerprint density at radius 2 is 2.24 bits per heavy atom. The number of nitrogens with zero attached hydrogens (tertiary/aromatic N) is 2. The van der Waals surface area contributed by atoms with Gasteiger partial charge in [0.2, 0.25) is 0 Å². The third-order valence-corrected chi connectivity index (χ3v) is 3.76. The molecule has 1 amide bonds. The van der Waals surface area contributed by atoms with Crippen molar-refractivity contribution in [2.45, 2.75) is 32.6 Å². The number of carbonyl (C=O) groups excluding carboxylic acids is 1. The van der Waals surface area contributed by atoms with Crippen LogP contribution in [0.25, 0.3) is 0 Å². The van der Waals surface area contributed by atoms with E-state index in [0.717, 1.165) is 18.4 Å². The fraction of sp³-hybridized carbons (Fsp3) is 0.375. The average molecular weight is 286 g/mol. The minimum atomic E-state index is -0.229. The second kappa shape index (κ2) is 5.24. The Morgan fingerprint density at radius 3 is 2.95 bits per heavy atom. The van der Waals surface area contributed by atoms with Crippen molar-refractivity contribution in [3.05, 3.63) is 41.3 Å². The smallest absolute Gasteiger partial charge is 0.280 e. The first-order chi connectivity index (χ1) is 10.1. The lowest BCUT2D eigenvalue weighted by molar-refractivity contribution is 0.0975. The SMILES string of the molecule is CC(C)c1cc(C(=O)N2CCCc3cccc(O)c32)no1. The summed E-state index contributed by atoms with van der Waals surface area (Å²) in [6.45, 7) is 4.54. The summed E-state index contributed by atoms with van der Waals surface area (Å²) in [4.78, 5) is 14.2. The lowest BCUT2D eigenvalue weighted by Crippen LogP contribution is -2.35. The molecule has 0 spiro atoms. The maximum Gasteiger partial charge on any atom is 0.280 e. The topological polar surface area (TPSA) is 66.6 Å². The number of phenolic OH excluding ortho intramolecular Hbond substituents is 1. The highest BCUT2D eigenvalue weighted by Gasteiger charge is 2.28. The molecule has 0 aliphatic carbocycles. The summed E-state index contributed by atoms with van der Waals surface area (Å²) in [5.41, 5.74) is 1.87. The van der Waals surface area contributed by atoms with Gasteiger partial charge >= 0.3 is 0 Å². The molecule has 5 heteroatoms. The molecule has 1 aliphatic heterocycles. The van der Waals surface area contributed by atoms with Gasteiger partial charge in [0.05, 0.1) is 5.69 Å². The Balaban J connectivity index is 1.96. The predicted molar refractivity (Wildman–Crippen MR) is 78.7 cm³/mol. The van der Waals surface area contributed by atoms with Crippen LogP contribution in [0, 0.1) is 0 Å². The number of hydrogen-bond acceptors (Lipinski definition) is 4. The van der Waals surface area contributed by atoms with Gasteiger partial charge in [-0.05, 0) is 24.5 Å². The summed E-state index contributed by atoms with van der Waals surface area (Å²) in [6.07, 6.45) is 1.74. The number of phenols is 1. The van der Waals surface area contributed by atoms with Crippen LogP contribution in [0.4, 0.5) is 5.69 Å². The summed E-state index contributed by atoms with van der Waals surface area (Å²) in [5, 5.41) is 13.9. The highest BCUT2D eigenvalue weighted by molar-refractivity contribution is 6.06. The number of aromatic nitrogens is 1. The van der Waals surface area contributed by atoms with Crippen LogP contribution in [0.2, 0.25) is 0 Å². The number of hydrogen-bond donors (Lipinski definition) is 1. The molecule has 0 saturated carbocycles. The quantitative estimate of drug-likeness (QED) is 0.921. The van der Waals surface area contributed by atoms with Crippen molar-refractivity contribution in [1.29, 1.82) is 0 Å². The van der Waals surface area contributed by atoms with E-state index in [0.29, 0.717) is 18.0 Å². The maximum atomic E-state index is 12.6. The van der Waals surface area contributed by atoms with Gasteiger partial charge in [-0.2, -0.15) is 0 Å². The summed E-state index contributed by atoms with van der Waals surface area (Å²) in [6, 6.07) is 7.03. The van der Waals surface area contributed by atoms with Crippen molar-refractivity contribution in [2.24, 2.45) is 0 Å². The molecule has 0 fully saturated rings. The van der Waals surface area contributed by atoms with E-state index < -0.39 is 0 Å². The molecule has 0 unspecified atom stereocenters. The number of aromatic hydroxyl groups is 1. The molecule has 0 bridgehead atoms. The molecule has 1 N–H and O–H groups in total. The molecule has 3 rings (SSSR count). The van der Waals surface area contributed by atoms with E-state index in [1.165, 1.54) is 0 Å². The van der Waals surface area contributed by atoms with Crippen LogP contribution in [-0.4, -0.2) is 22.7 Å². The van der Waals surface area contributed by atoms with Crippen LogP contribution in [0.1, 0.15) is 48.0 Å². The van der Waals surface area contributed by atoms with E-state index in [1.807, 2.05) is 19.9 Å². The Bertz CT molecular complexity index is 676. The third-order valence-electron chi connectivity index (χ3n) is 3.76. The molecule has 1 aromatic carbocycles. The lowest BCUT2D eigenvalue weighted by atomic mass is 10.0. The van der Waals surface area contributed by atoms with Crippen molar-refractivity contribution in [1.82, 2.24) is 5.16 Å². The normalized spacial score (nSPS) is 14.3. The minimum absolute atomic E-state index is 0.133. The molecule has 1 aliphatic rings. The Labute approximate surface area is 123 Å². The van der Waals surface area contributed by atoms with Gasteiger partial charge in [0.25, 0.3) is 5.91 Å². The van der Waals surface area contributed by atoms with Gasteiger partial charge in [-0.15, -0.1) is 0 Å². The first-order valence-corrected chi connectivity index (χ1v) is 7.17. The van der Waals surface area contributed by atoms with Gasteiger partial charge in [0, 0.05) is 18.5 Å². The molecule has 2 heterocycles. The van der Waals surface area contributed by atoms with E-state index in [4.69, 9.17) is 4.52 Å². The van der Waals surface area contributed by atoms with E-state index in [2.05, 4.69) is 5.16 Å². The molecule has 21 heavy (non-hydrogen) atoms. The summed E-state index contributed by atoms with van der Waals surface area (Å²) >= 11 is 0. The number of aryl methyl sites for hydroxylation is 1. The van der Waals surface area contributed by atoms with Crippen molar-refractivity contribution in [2.75, 3.05) is 11.4 Å². The standard InChI is InChI=1S/C16H18N2O3/c1-10(2)14-9-12(17-21-14)16(20)18-8-4-6-11-5-3-7-13(19)15(11)18/h3,5,7,9-10,19H,4,6,8H2,1-2H3. The van der Waals surface area contributed by atoms with Gasteiger partial charge in [0.1, 0.15) is 11.5 Å². The van der Waals surface area contributed by atoms with E-state index in [-0.39, 0.29) is 23.3 Å². The highest BCUT2D eigenvalue weighted by Crippen LogP contribution is 2.36. The van der Waals surface area contributed by atoms with E-state index in [9.17, 15) is 9.90 Å². The highest BCUT2D eigenvalue weighted by atomic mass is 16.5. The first kappa shape index (κ1) is 13.7. The number of anilines is 1. The zero-order valence-electron chi connectivity index (χ0n) is 12.2. The Kier molecular flexibility index (Phi) is 3.41. The fourth-order valence-electron chi connectivity index (χ4n) is 2.63. The first-order valence-electron chi connectivity index (χ1n) is 7.17. The van der Waals surface area contributed by atoms with Gasteiger partial charge in [-0.1, -0.05) is 31.1 Å². The zero-order valence-corrected chi connectivity index (χ0v) is 12.2. The van der Waals surface area contributed by atoms with Crippen LogP contribution in [0.3, 0.4) is 0 Å². The molecule has 0 radical (unpaired) electrons. The molecule has 0 atom stereocenters. The van der Waals surface area contributed by atoms with Gasteiger partial charge in [-0.3, -0.25) is 4.79 Å². The number of fused-ring (bicyclic) bond motifs is 1. The van der Waals surface area contributed by atoms with E-state index in [1.54, 1.807) is 23.1 Å².